The average Bonchev–Trinajstić information content (AvgIpc) is 2.61. The first-order valence-electron chi connectivity index (χ1n) is 8.05. The minimum absolute atomic E-state index is 0.339. The van der Waals surface area contributed by atoms with Gasteiger partial charge < -0.3 is 14.6 Å². The van der Waals surface area contributed by atoms with Crippen LogP contribution >= 0.6 is 11.6 Å². The van der Waals surface area contributed by atoms with Gasteiger partial charge >= 0.3 is 7.12 Å². The normalized spacial score (nSPS) is 20.2. The van der Waals surface area contributed by atoms with Crippen LogP contribution in [0.1, 0.15) is 44.4 Å². The van der Waals surface area contributed by atoms with E-state index in [0.717, 1.165) is 21.6 Å². The van der Waals surface area contributed by atoms with Gasteiger partial charge in [0.25, 0.3) is 0 Å². The molecule has 1 heterocycles. The van der Waals surface area contributed by atoms with E-state index in [1.165, 1.54) is 5.56 Å². The third-order valence-corrected chi connectivity index (χ3v) is 5.04. The first kappa shape index (κ1) is 18.5. The van der Waals surface area contributed by atoms with Crippen molar-refractivity contribution in [1.29, 1.82) is 0 Å². The van der Waals surface area contributed by atoms with E-state index >= 15 is 0 Å². The van der Waals surface area contributed by atoms with Crippen LogP contribution in [0.5, 0.6) is 0 Å². The van der Waals surface area contributed by atoms with Crippen LogP contribution in [-0.4, -0.2) is 31.9 Å². The van der Waals surface area contributed by atoms with Crippen LogP contribution < -0.4 is 5.32 Å². The number of likely N-dealkylation sites (N-methyl/N-ethyl adjacent to an activating group) is 1. The molecule has 1 aromatic rings. The van der Waals surface area contributed by atoms with Crippen molar-refractivity contribution in [2.75, 3.05) is 13.6 Å². The Balaban J connectivity index is 2.41. The highest BCUT2D eigenvalue weighted by molar-refractivity contribution is 6.56. The largest absolute Gasteiger partial charge is 0.491 e. The average molecular weight is 336 g/mol. The van der Waals surface area contributed by atoms with E-state index in [1.807, 2.05) is 19.2 Å². The van der Waals surface area contributed by atoms with E-state index in [4.69, 9.17) is 20.9 Å². The Morgan fingerprint density at radius 3 is 2.04 bits per heavy atom. The molecule has 0 amide bonds. The summed E-state index contributed by atoms with van der Waals surface area (Å²) in [6.45, 7) is 13.1. The quantitative estimate of drug-likeness (QED) is 0.837. The van der Waals surface area contributed by atoms with E-state index in [9.17, 15) is 0 Å². The van der Waals surface area contributed by atoms with Crippen LogP contribution in [0, 0.1) is 13.8 Å². The molecule has 0 spiro atoms. The zero-order valence-corrected chi connectivity index (χ0v) is 16.0. The molecule has 1 saturated heterocycles. The number of hydrogen-bond acceptors (Lipinski definition) is 3. The van der Waals surface area contributed by atoms with Gasteiger partial charge in [0.15, 0.2) is 0 Å². The predicted molar refractivity (Wildman–Crippen MR) is 98.9 cm³/mol. The molecule has 0 unspecified atom stereocenters. The monoisotopic (exact) mass is 335 g/mol. The minimum atomic E-state index is -0.345. The second-order valence-corrected chi connectivity index (χ2v) is 7.73. The van der Waals surface area contributed by atoms with Gasteiger partial charge in [-0.05, 0) is 82.9 Å². The lowest BCUT2D eigenvalue weighted by atomic mass is 9.76. The van der Waals surface area contributed by atoms with Crippen molar-refractivity contribution in [3.63, 3.8) is 0 Å². The van der Waals surface area contributed by atoms with Crippen molar-refractivity contribution < 1.29 is 9.31 Å². The molecule has 0 bridgehead atoms. The molecule has 0 radical (unpaired) electrons. The summed E-state index contributed by atoms with van der Waals surface area (Å²) in [5.74, 6) is 0. The summed E-state index contributed by atoms with van der Waals surface area (Å²) in [6.07, 6.45) is 2.17. The molecule has 0 saturated carbocycles. The zero-order valence-electron chi connectivity index (χ0n) is 15.2. The second kappa shape index (κ2) is 6.60. The van der Waals surface area contributed by atoms with Crippen molar-refractivity contribution in [2.24, 2.45) is 0 Å². The number of nitrogens with one attached hydrogen (secondary N) is 1. The number of halogens is 1. The van der Waals surface area contributed by atoms with Gasteiger partial charge in [-0.3, -0.25) is 0 Å². The standard InChI is InChI=1S/C18H27BClNO2/c1-12-8-15(20)9-13(2)16(12)10-14(11-21-7)19-22-17(3,4)18(5,6)23-19/h8-10,21H,11H2,1-7H3. The Morgan fingerprint density at radius 2 is 1.61 bits per heavy atom. The molecule has 5 heteroatoms. The lowest BCUT2D eigenvalue weighted by molar-refractivity contribution is 0.00578. The highest BCUT2D eigenvalue weighted by atomic mass is 35.5. The van der Waals surface area contributed by atoms with Crippen molar-refractivity contribution in [3.8, 4) is 0 Å². The summed E-state index contributed by atoms with van der Waals surface area (Å²) in [4.78, 5) is 0. The number of aryl methyl sites for hydroxylation is 2. The Morgan fingerprint density at radius 1 is 1.13 bits per heavy atom. The lowest BCUT2D eigenvalue weighted by Crippen LogP contribution is -2.41. The Labute approximate surface area is 145 Å². The maximum atomic E-state index is 6.20. The highest BCUT2D eigenvalue weighted by Gasteiger charge is 2.52. The zero-order chi connectivity index (χ0) is 17.4. The highest BCUT2D eigenvalue weighted by Crippen LogP contribution is 2.39. The molecule has 1 aliphatic rings. The van der Waals surface area contributed by atoms with Gasteiger partial charge in [0.1, 0.15) is 0 Å². The summed E-state index contributed by atoms with van der Waals surface area (Å²) in [5, 5.41) is 3.98. The molecule has 1 N–H and O–H groups in total. The van der Waals surface area contributed by atoms with Crippen LogP contribution in [0.4, 0.5) is 0 Å². The molecular weight excluding hydrogens is 308 g/mol. The van der Waals surface area contributed by atoms with Crippen LogP contribution in [0.25, 0.3) is 6.08 Å². The first-order chi connectivity index (χ1) is 10.6. The van der Waals surface area contributed by atoms with E-state index < -0.39 is 0 Å². The van der Waals surface area contributed by atoms with Crippen molar-refractivity contribution in [1.82, 2.24) is 5.32 Å². The van der Waals surface area contributed by atoms with Crippen LogP contribution in [0.2, 0.25) is 5.02 Å². The molecule has 1 aromatic carbocycles. The molecule has 1 fully saturated rings. The SMILES string of the molecule is CNCC(=Cc1c(C)cc(Cl)cc1C)B1OC(C)(C)C(C)(C)O1. The number of rotatable bonds is 4. The summed E-state index contributed by atoms with van der Waals surface area (Å²) < 4.78 is 12.4. The molecule has 3 nitrogen and oxygen atoms in total. The van der Waals surface area contributed by atoms with Crippen molar-refractivity contribution in [2.45, 2.75) is 52.7 Å². The fraction of sp³-hybridized carbons (Fsp3) is 0.556. The first-order valence-corrected chi connectivity index (χ1v) is 8.42. The van der Waals surface area contributed by atoms with Gasteiger partial charge in [0.05, 0.1) is 11.2 Å². The smallest absolute Gasteiger partial charge is 0.400 e. The van der Waals surface area contributed by atoms with Gasteiger partial charge in [0, 0.05) is 11.6 Å². The lowest BCUT2D eigenvalue weighted by Gasteiger charge is -2.32. The van der Waals surface area contributed by atoms with Crippen LogP contribution in [-0.2, 0) is 9.31 Å². The van der Waals surface area contributed by atoms with E-state index in [-0.39, 0.29) is 18.3 Å². The molecule has 126 valence electrons. The topological polar surface area (TPSA) is 30.5 Å². The Kier molecular flexibility index (Phi) is 5.32. The van der Waals surface area contributed by atoms with Gasteiger partial charge in [0.2, 0.25) is 0 Å². The van der Waals surface area contributed by atoms with Crippen molar-refractivity contribution >= 4 is 24.8 Å². The molecule has 0 atom stereocenters. The van der Waals surface area contributed by atoms with Crippen LogP contribution in [0.15, 0.2) is 17.6 Å². The number of benzene rings is 1. The van der Waals surface area contributed by atoms with E-state index in [2.05, 4.69) is 52.9 Å². The third kappa shape index (κ3) is 3.82. The van der Waals surface area contributed by atoms with Crippen LogP contribution in [0.3, 0.4) is 0 Å². The van der Waals surface area contributed by atoms with Gasteiger partial charge in [-0.15, -0.1) is 0 Å². The summed E-state index contributed by atoms with van der Waals surface area (Å²) in [6, 6.07) is 3.98. The van der Waals surface area contributed by atoms with E-state index in [1.54, 1.807) is 0 Å². The summed E-state index contributed by atoms with van der Waals surface area (Å²) in [5.41, 5.74) is 3.89. The Bertz CT molecular complexity index is 586. The van der Waals surface area contributed by atoms with Crippen molar-refractivity contribution in [3.05, 3.63) is 39.3 Å². The molecule has 23 heavy (non-hydrogen) atoms. The van der Waals surface area contributed by atoms with Gasteiger partial charge in [-0.2, -0.15) is 0 Å². The second-order valence-electron chi connectivity index (χ2n) is 7.29. The summed E-state index contributed by atoms with van der Waals surface area (Å²) in [7, 11) is 1.59. The fourth-order valence-electron chi connectivity index (χ4n) is 2.74. The minimum Gasteiger partial charge on any atom is -0.400 e. The van der Waals surface area contributed by atoms with E-state index in [0.29, 0.717) is 6.54 Å². The molecular formula is C18H27BClNO2. The van der Waals surface area contributed by atoms with Gasteiger partial charge in [-0.25, -0.2) is 0 Å². The molecule has 2 rings (SSSR count). The molecule has 0 aromatic heterocycles. The predicted octanol–water partition coefficient (Wildman–Crippen LogP) is 4.19. The van der Waals surface area contributed by atoms with Gasteiger partial charge in [-0.1, -0.05) is 17.7 Å². The molecule has 1 aliphatic heterocycles. The Hall–Kier alpha value is -0.805. The molecule has 0 aliphatic carbocycles. The number of hydrogen-bond donors (Lipinski definition) is 1. The summed E-state index contributed by atoms with van der Waals surface area (Å²) >= 11 is 6.14. The maximum absolute atomic E-state index is 6.20. The fourth-order valence-corrected chi connectivity index (χ4v) is 3.06. The third-order valence-electron chi connectivity index (χ3n) is 4.83. The maximum Gasteiger partial charge on any atom is 0.491 e.